The fraction of sp³-hybridized carbons (Fsp3) is 0.222. The summed E-state index contributed by atoms with van der Waals surface area (Å²) in [5, 5.41) is 0.692. The van der Waals surface area contributed by atoms with Crippen molar-refractivity contribution in [2.45, 2.75) is 5.75 Å². The monoisotopic (exact) mass is 373 g/mol. The van der Waals surface area contributed by atoms with Crippen LogP contribution in [0.3, 0.4) is 0 Å². The fourth-order valence-corrected chi connectivity index (χ4v) is 3.35. The van der Waals surface area contributed by atoms with Gasteiger partial charge >= 0.3 is 0 Å². The predicted molar refractivity (Wildman–Crippen MR) is 99.6 cm³/mol. The van der Waals surface area contributed by atoms with Crippen LogP contribution in [0.2, 0.25) is 0 Å². The maximum absolute atomic E-state index is 11.6. The standard InChI is InChI=1S/C18H19N3O4S/c1-23-16-8-14-15(9-17(16)24-2)20-11-21-18(14)25-13-6-4-12(5-7-13)10-26(3,19)22/h4-9,11,19H,10H2,1-3H3. The van der Waals surface area contributed by atoms with Crippen LogP contribution in [0.15, 0.2) is 42.7 Å². The number of methoxy groups -OCH3 is 2. The third-order valence-corrected chi connectivity index (χ3v) is 4.57. The average molecular weight is 373 g/mol. The minimum Gasteiger partial charge on any atom is -0.493 e. The van der Waals surface area contributed by atoms with E-state index in [1.54, 1.807) is 50.6 Å². The van der Waals surface area contributed by atoms with Gasteiger partial charge in [-0.25, -0.2) is 14.2 Å². The van der Waals surface area contributed by atoms with Crippen molar-refractivity contribution >= 4 is 20.6 Å². The molecule has 1 atom stereocenters. The van der Waals surface area contributed by atoms with E-state index in [0.29, 0.717) is 34.0 Å². The Hall–Kier alpha value is -2.87. The molecule has 3 aromatic rings. The van der Waals surface area contributed by atoms with Gasteiger partial charge < -0.3 is 14.2 Å². The van der Waals surface area contributed by atoms with E-state index in [9.17, 15) is 4.21 Å². The number of nitrogens with one attached hydrogen (secondary N) is 1. The molecule has 3 rings (SSSR count). The SMILES string of the molecule is COc1cc2ncnc(Oc3ccc(CS(C)(=N)=O)cc3)c2cc1OC. The zero-order chi connectivity index (χ0) is 18.7. The first-order chi connectivity index (χ1) is 12.4. The Bertz CT molecular complexity index is 1030. The van der Waals surface area contributed by atoms with Crippen LogP contribution in [-0.2, 0) is 15.5 Å². The molecule has 7 nitrogen and oxygen atoms in total. The summed E-state index contributed by atoms with van der Waals surface area (Å²) in [6.07, 6.45) is 2.84. The minimum atomic E-state index is -2.58. The lowest BCUT2D eigenvalue weighted by Crippen LogP contribution is -1.98. The van der Waals surface area contributed by atoms with Crippen LogP contribution in [0.4, 0.5) is 0 Å². The van der Waals surface area contributed by atoms with E-state index in [0.717, 1.165) is 5.56 Å². The Morgan fingerprint density at radius 1 is 1.04 bits per heavy atom. The zero-order valence-corrected chi connectivity index (χ0v) is 15.5. The van der Waals surface area contributed by atoms with Crippen molar-refractivity contribution in [3.63, 3.8) is 0 Å². The van der Waals surface area contributed by atoms with Gasteiger partial charge in [-0.2, -0.15) is 0 Å². The van der Waals surface area contributed by atoms with Crippen LogP contribution >= 0.6 is 0 Å². The van der Waals surface area contributed by atoms with Crippen molar-refractivity contribution < 1.29 is 18.4 Å². The summed E-state index contributed by atoms with van der Waals surface area (Å²) in [5.74, 6) is 2.32. The molecular weight excluding hydrogens is 354 g/mol. The Kier molecular flexibility index (Phi) is 4.94. The number of ether oxygens (including phenoxy) is 3. The normalized spacial score (nSPS) is 13.2. The van der Waals surface area contributed by atoms with Crippen molar-refractivity contribution in [3.8, 4) is 23.1 Å². The molecule has 0 aliphatic carbocycles. The van der Waals surface area contributed by atoms with E-state index in [4.69, 9.17) is 19.0 Å². The van der Waals surface area contributed by atoms with Gasteiger partial charge in [-0.05, 0) is 23.8 Å². The molecule has 0 fully saturated rings. The topological polar surface area (TPSA) is 94.4 Å². The molecule has 0 radical (unpaired) electrons. The van der Waals surface area contributed by atoms with E-state index >= 15 is 0 Å². The zero-order valence-electron chi connectivity index (χ0n) is 14.7. The molecule has 1 N–H and O–H groups in total. The van der Waals surface area contributed by atoms with Crippen LogP contribution in [0, 0.1) is 4.78 Å². The lowest BCUT2D eigenvalue weighted by molar-refractivity contribution is 0.355. The molecule has 0 spiro atoms. The highest BCUT2D eigenvalue weighted by atomic mass is 32.2. The van der Waals surface area contributed by atoms with Crippen molar-refractivity contribution in [2.75, 3.05) is 20.5 Å². The van der Waals surface area contributed by atoms with E-state index in [1.807, 2.05) is 0 Å². The van der Waals surface area contributed by atoms with E-state index in [1.165, 1.54) is 12.6 Å². The molecule has 0 saturated carbocycles. The number of aromatic nitrogens is 2. The van der Waals surface area contributed by atoms with E-state index in [2.05, 4.69) is 9.97 Å². The van der Waals surface area contributed by atoms with Gasteiger partial charge in [0.25, 0.3) is 0 Å². The summed E-state index contributed by atoms with van der Waals surface area (Å²) < 4.78 is 35.6. The smallest absolute Gasteiger partial charge is 0.230 e. The van der Waals surface area contributed by atoms with Gasteiger partial charge in [0.1, 0.15) is 12.1 Å². The molecule has 0 aliphatic heterocycles. The molecule has 1 unspecified atom stereocenters. The van der Waals surface area contributed by atoms with Crippen molar-refractivity contribution in [1.82, 2.24) is 9.97 Å². The van der Waals surface area contributed by atoms with Crippen molar-refractivity contribution in [1.29, 1.82) is 4.78 Å². The van der Waals surface area contributed by atoms with E-state index < -0.39 is 9.73 Å². The average Bonchev–Trinajstić information content (AvgIpc) is 2.61. The van der Waals surface area contributed by atoms with Gasteiger partial charge in [0, 0.05) is 22.1 Å². The van der Waals surface area contributed by atoms with Gasteiger partial charge in [-0.1, -0.05) is 12.1 Å². The predicted octanol–water partition coefficient (Wildman–Crippen LogP) is 3.62. The number of hydrogen-bond acceptors (Lipinski definition) is 7. The minimum absolute atomic E-state index is 0.209. The third-order valence-electron chi connectivity index (χ3n) is 3.68. The number of rotatable bonds is 6. The summed E-state index contributed by atoms with van der Waals surface area (Å²) in [5.41, 5.74) is 1.49. The summed E-state index contributed by atoms with van der Waals surface area (Å²) in [4.78, 5) is 8.45. The highest BCUT2D eigenvalue weighted by molar-refractivity contribution is 7.90. The Labute approximate surface area is 151 Å². The van der Waals surface area contributed by atoms with Gasteiger partial charge in [0.05, 0.1) is 30.9 Å². The first-order valence-electron chi connectivity index (χ1n) is 7.74. The lowest BCUT2D eigenvalue weighted by atomic mass is 10.2. The number of hydrogen-bond donors (Lipinski definition) is 1. The van der Waals surface area contributed by atoms with E-state index in [-0.39, 0.29) is 5.75 Å². The number of benzene rings is 2. The second-order valence-electron chi connectivity index (χ2n) is 5.80. The van der Waals surface area contributed by atoms with Gasteiger partial charge in [-0.15, -0.1) is 0 Å². The third kappa shape index (κ3) is 4.02. The quantitative estimate of drug-likeness (QED) is 0.709. The van der Waals surface area contributed by atoms with Crippen molar-refractivity contribution in [3.05, 3.63) is 48.3 Å². The first kappa shape index (κ1) is 17.9. The molecule has 0 aliphatic rings. The number of nitrogens with zero attached hydrogens (tertiary/aromatic N) is 2. The van der Waals surface area contributed by atoms with Crippen molar-refractivity contribution in [2.24, 2.45) is 0 Å². The van der Waals surface area contributed by atoms with Gasteiger partial charge in [0.15, 0.2) is 11.5 Å². The molecule has 8 heteroatoms. The molecule has 2 aromatic carbocycles. The maximum Gasteiger partial charge on any atom is 0.230 e. The Balaban J connectivity index is 1.93. The largest absolute Gasteiger partial charge is 0.493 e. The van der Waals surface area contributed by atoms with Crippen LogP contribution in [0.5, 0.6) is 23.1 Å². The molecular formula is C18H19N3O4S. The summed E-state index contributed by atoms with van der Waals surface area (Å²) in [6, 6.07) is 10.6. The first-order valence-corrected chi connectivity index (χ1v) is 9.88. The number of fused-ring (bicyclic) bond motifs is 1. The second kappa shape index (κ2) is 7.17. The molecule has 136 valence electrons. The van der Waals surface area contributed by atoms with Crippen LogP contribution in [0.1, 0.15) is 5.56 Å². The lowest BCUT2D eigenvalue weighted by Gasteiger charge is -2.11. The fourth-order valence-electron chi connectivity index (χ4n) is 2.52. The van der Waals surface area contributed by atoms with Gasteiger partial charge in [0.2, 0.25) is 5.88 Å². The molecule has 26 heavy (non-hydrogen) atoms. The molecule has 1 heterocycles. The Morgan fingerprint density at radius 3 is 2.31 bits per heavy atom. The summed E-state index contributed by atoms with van der Waals surface area (Å²) in [6.45, 7) is 0. The van der Waals surface area contributed by atoms with Crippen LogP contribution in [-0.4, -0.2) is 34.7 Å². The van der Waals surface area contributed by atoms with Crippen LogP contribution in [0.25, 0.3) is 10.9 Å². The van der Waals surface area contributed by atoms with Gasteiger partial charge in [-0.3, -0.25) is 4.78 Å². The molecule has 0 amide bonds. The van der Waals surface area contributed by atoms with Crippen LogP contribution < -0.4 is 14.2 Å². The molecule has 0 bridgehead atoms. The molecule has 0 saturated heterocycles. The molecule has 1 aromatic heterocycles. The highest BCUT2D eigenvalue weighted by Crippen LogP contribution is 2.35. The maximum atomic E-state index is 11.6. The summed E-state index contributed by atoms with van der Waals surface area (Å²) in [7, 11) is 0.546. The Morgan fingerprint density at radius 2 is 1.69 bits per heavy atom. The second-order valence-corrected chi connectivity index (χ2v) is 8.10. The summed E-state index contributed by atoms with van der Waals surface area (Å²) >= 11 is 0. The highest BCUT2D eigenvalue weighted by Gasteiger charge is 2.12.